The Morgan fingerprint density at radius 2 is 2.12 bits per heavy atom. The molecule has 0 bridgehead atoms. The standard InChI is InChI=1S/C16H22N4O2.2ClH/c1-10-15(11(2)19(3)18-10)14-5-4-6-20(14)16(21)12-7-13(8-17)22-9-12;;/h7,9,14H,4-6,8,17H2,1-3H3;2*1H. The zero-order valence-corrected chi connectivity index (χ0v) is 15.7. The number of hydrogen-bond donors (Lipinski definition) is 1. The number of carbonyl (C=O) groups is 1. The molecule has 2 aromatic heterocycles. The molecule has 2 N–H and O–H groups in total. The molecule has 0 radical (unpaired) electrons. The molecule has 0 spiro atoms. The van der Waals surface area contributed by atoms with Crippen LogP contribution in [0.25, 0.3) is 0 Å². The summed E-state index contributed by atoms with van der Waals surface area (Å²) in [6, 6.07) is 1.83. The third-order valence-corrected chi connectivity index (χ3v) is 4.51. The average molecular weight is 375 g/mol. The highest BCUT2D eigenvalue weighted by Crippen LogP contribution is 2.36. The first-order valence-corrected chi connectivity index (χ1v) is 7.61. The molecular formula is C16H24Cl2N4O2. The van der Waals surface area contributed by atoms with Crippen LogP contribution in [-0.4, -0.2) is 27.1 Å². The molecule has 2 aromatic rings. The van der Waals surface area contributed by atoms with Gasteiger partial charge in [-0.25, -0.2) is 0 Å². The number of nitrogens with two attached hydrogens (primary N) is 1. The summed E-state index contributed by atoms with van der Waals surface area (Å²) in [5, 5.41) is 4.48. The molecule has 8 heteroatoms. The zero-order chi connectivity index (χ0) is 15.9. The lowest BCUT2D eigenvalue weighted by atomic mass is 10.0. The number of carbonyl (C=O) groups excluding carboxylic acids is 1. The molecule has 1 aliphatic rings. The molecule has 0 aliphatic carbocycles. The van der Waals surface area contributed by atoms with Crippen molar-refractivity contribution in [1.29, 1.82) is 0 Å². The Bertz CT molecular complexity index is 711. The molecular weight excluding hydrogens is 351 g/mol. The van der Waals surface area contributed by atoms with E-state index in [9.17, 15) is 4.79 Å². The number of aromatic nitrogens is 2. The number of nitrogens with zero attached hydrogens (tertiary/aromatic N) is 3. The topological polar surface area (TPSA) is 77.3 Å². The molecule has 3 rings (SSSR count). The number of aryl methyl sites for hydroxylation is 2. The number of furan rings is 1. The first-order valence-electron chi connectivity index (χ1n) is 7.61. The van der Waals surface area contributed by atoms with Crippen molar-refractivity contribution in [3.63, 3.8) is 0 Å². The van der Waals surface area contributed by atoms with E-state index in [-0.39, 0.29) is 36.8 Å². The van der Waals surface area contributed by atoms with Crippen LogP contribution < -0.4 is 5.73 Å². The summed E-state index contributed by atoms with van der Waals surface area (Å²) in [4.78, 5) is 14.7. The van der Waals surface area contributed by atoms with Gasteiger partial charge >= 0.3 is 0 Å². The lowest BCUT2D eigenvalue weighted by molar-refractivity contribution is 0.0734. The van der Waals surface area contributed by atoms with Crippen LogP contribution in [-0.2, 0) is 13.6 Å². The maximum absolute atomic E-state index is 12.8. The van der Waals surface area contributed by atoms with Crippen molar-refractivity contribution in [3.8, 4) is 0 Å². The fraction of sp³-hybridized carbons (Fsp3) is 0.500. The highest BCUT2D eigenvalue weighted by Gasteiger charge is 2.34. The molecule has 134 valence electrons. The molecule has 1 saturated heterocycles. The maximum Gasteiger partial charge on any atom is 0.257 e. The van der Waals surface area contributed by atoms with E-state index in [1.807, 2.05) is 23.6 Å². The van der Waals surface area contributed by atoms with Crippen LogP contribution in [0.5, 0.6) is 0 Å². The molecule has 0 aromatic carbocycles. The minimum Gasteiger partial charge on any atom is -0.467 e. The van der Waals surface area contributed by atoms with Crippen LogP contribution in [0.1, 0.15) is 52.0 Å². The van der Waals surface area contributed by atoms with E-state index in [0.29, 0.717) is 17.9 Å². The number of hydrogen-bond acceptors (Lipinski definition) is 4. The first kappa shape index (κ1) is 20.5. The van der Waals surface area contributed by atoms with E-state index in [2.05, 4.69) is 12.0 Å². The monoisotopic (exact) mass is 374 g/mol. The lowest BCUT2D eigenvalue weighted by Gasteiger charge is -2.25. The third-order valence-electron chi connectivity index (χ3n) is 4.51. The Labute approximate surface area is 154 Å². The molecule has 1 fully saturated rings. The van der Waals surface area contributed by atoms with Crippen molar-refractivity contribution in [3.05, 3.63) is 40.6 Å². The Kier molecular flexibility index (Phi) is 6.89. The van der Waals surface area contributed by atoms with Crippen LogP contribution in [0.15, 0.2) is 16.7 Å². The fourth-order valence-corrected chi connectivity index (χ4v) is 3.35. The molecule has 6 nitrogen and oxygen atoms in total. The van der Waals surface area contributed by atoms with E-state index in [4.69, 9.17) is 10.2 Å². The van der Waals surface area contributed by atoms with Crippen molar-refractivity contribution in [2.45, 2.75) is 39.3 Å². The molecule has 1 unspecified atom stereocenters. The lowest BCUT2D eigenvalue weighted by Crippen LogP contribution is -2.30. The number of halogens is 2. The molecule has 1 atom stereocenters. The van der Waals surface area contributed by atoms with Gasteiger partial charge in [-0.1, -0.05) is 0 Å². The van der Waals surface area contributed by atoms with Crippen molar-refractivity contribution in [2.24, 2.45) is 12.8 Å². The Hall–Kier alpha value is -1.50. The minimum absolute atomic E-state index is 0. The predicted molar refractivity (Wildman–Crippen MR) is 96.8 cm³/mol. The largest absolute Gasteiger partial charge is 0.467 e. The van der Waals surface area contributed by atoms with Gasteiger partial charge in [0.05, 0.1) is 23.8 Å². The summed E-state index contributed by atoms with van der Waals surface area (Å²) >= 11 is 0. The summed E-state index contributed by atoms with van der Waals surface area (Å²) < 4.78 is 7.18. The van der Waals surface area contributed by atoms with Crippen LogP contribution in [0.4, 0.5) is 0 Å². The average Bonchev–Trinajstić information content (AvgIpc) is 3.19. The summed E-state index contributed by atoms with van der Waals surface area (Å²) in [6.07, 6.45) is 3.48. The minimum atomic E-state index is 0. The molecule has 0 saturated carbocycles. The van der Waals surface area contributed by atoms with Crippen molar-refractivity contribution in [2.75, 3.05) is 6.54 Å². The van der Waals surface area contributed by atoms with Crippen molar-refractivity contribution in [1.82, 2.24) is 14.7 Å². The Morgan fingerprint density at radius 3 is 2.67 bits per heavy atom. The molecule has 24 heavy (non-hydrogen) atoms. The van der Waals surface area contributed by atoms with Gasteiger partial charge in [-0.3, -0.25) is 9.48 Å². The Balaban J connectivity index is 0.00000144. The number of amides is 1. The van der Waals surface area contributed by atoms with Gasteiger partial charge in [0.25, 0.3) is 5.91 Å². The number of rotatable bonds is 3. The van der Waals surface area contributed by atoms with Crippen molar-refractivity contribution < 1.29 is 9.21 Å². The second-order valence-electron chi connectivity index (χ2n) is 5.87. The van der Waals surface area contributed by atoms with Gasteiger partial charge < -0.3 is 15.1 Å². The summed E-state index contributed by atoms with van der Waals surface area (Å²) in [7, 11) is 1.94. The van der Waals surface area contributed by atoms with Gasteiger partial charge in [-0.2, -0.15) is 5.10 Å². The second kappa shape index (κ2) is 8.05. The quantitative estimate of drug-likeness (QED) is 0.895. The molecule has 1 amide bonds. The van der Waals surface area contributed by atoms with E-state index in [0.717, 1.165) is 30.8 Å². The first-order chi connectivity index (χ1) is 10.5. The van der Waals surface area contributed by atoms with Crippen LogP contribution in [0.3, 0.4) is 0 Å². The molecule has 1 aliphatic heterocycles. The van der Waals surface area contributed by atoms with Gasteiger partial charge in [0.1, 0.15) is 12.0 Å². The summed E-state index contributed by atoms with van der Waals surface area (Å²) in [6.45, 7) is 5.13. The highest BCUT2D eigenvalue weighted by atomic mass is 35.5. The second-order valence-corrected chi connectivity index (χ2v) is 5.87. The normalized spacial score (nSPS) is 16.7. The van der Waals surface area contributed by atoms with Gasteiger partial charge in [-0.15, -0.1) is 24.8 Å². The van der Waals surface area contributed by atoms with Gasteiger partial charge in [0, 0.05) is 24.8 Å². The van der Waals surface area contributed by atoms with Crippen LogP contribution >= 0.6 is 24.8 Å². The SMILES string of the molecule is Cc1nn(C)c(C)c1C1CCCN1C(=O)c1coc(CN)c1.Cl.Cl. The van der Waals surface area contributed by atoms with Crippen LogP contribution in [0.2, 0.25) is 0 Å². The van der Waals surface area contributed by atoms with E-state index >= 15 is 0 Å². The highest BCUT2D eigenvalue weighted by molar-refractivity contribution is 5.94. The zero-order valence-electron chi connectivity index (χ0n) is 14.1. The van der Waals surface area contributed by atoms with Crippen molar-refractivity contribution >= 4 is 30.7 Å². The number of likely N-dealkylation sites (tertiary alicyclic amines) is 1. The maximum atomic E-state index is 12.8. The van der Waals surface area contributed by atoms with E-state index in [1.165, 1.54) is 11.8 Å². The van der Waals surface area contributed by atoms with Crippen LogP contribution in [0, 0.1) is 13.8 Å². The predicted octanol–water partition coefficient (Wildman–Crippen LogP) is 2.91. The van der Waals surface area contributed by atoms with E-state index in [1.54, 1.807) is 6.07 Å². The third kappa shape index (κ3) is 3.45. The summed E-state index contributed by atoms with van der Waals surface area (Å²) in [5.41, 5.74) is 9.42. The fourth-order valence-electron chi connectivity index (χ4n) is 3.35. The van der Waals surface area contributed by atoms with E-state index < -0.39 is 0 Å². The summed E-state index contributed by atoms with van der Waals surface area (Å²) in [5.74, 6) is 0.640. The van der Waals surface area contributed by atoms with Gasteiger partial charge in [0.15, 0.2) is 0 Å². The van der Waals surface area contributed by atoms with Gasteiger partial charge in [0.2, 0.25) is 0 Å². The Morgan fingerprint density at radius 1 is 1.42 bits per heavy atom. The smallest absolute Gasteiger partial charge is 0.257 e. The van der Waals surface area contributed by atoms with Gasteiger partial charge in [-0.05, 0) is 32.8 Å². The molecule has 3 heterocycles.